The van der Waals surface area contributed by atoms with Crippen molar-refractivity contribution >= 4 is 17.3 Å². The van der Waals surface area contributed by atoms with Crippen molar-refractivity contribution < 1.29 is 0 Å². The van der Waals surface area contributed by atoms with E-state index in [1.165, 1.54) is 0 Å². The van der Waals surface area contributed by atoms with Crippen LogP contribution in [-0.4, -0.2) is 4.98 Å². The predicted octanol–water partition coefficient (Wildman–Crippen LogP) is 3.78. The smallest absolute Gasteiger partial charge is 0.0992 e. The Kier molecular flexibility index (Phi) is 3.81. The molecule has 0 radical (unpaired) electrons. The number of hydrogen-bond acceptors (Lipinski definition) is 3. The van der Waals surface area contributed by atoms with Gasteiger partial charge in [-0.15, -0.1) is 0 Å². The Hall–Kier alpha value is -2.05. The van der Waals surface area contributed by atoms with Gasteiger partial charge in [0.2, 0.25) is 0 Å². The summed E-state index contributed by atoms with van der Waals surface area (Å²) < 4.78 is 0. The molecule has 2 aromatic rings. The molecule has 0 aliphatic heterocycles. The van der Waals surface area contributed by atoms with E-state index in [-0.39, 0.29) is 6.04 Å². The first-order chi connectivity index (χ1) is 8.70. The van der Waals surface area contributed by atoms with Crippen LogP contribution in [0.2, 0.25) is 5.02 Å². The third kappa shape index (κ3) is 2.79. The molecule has 0 spiro atoms. The molecule has 0 aliphatic carbocycles. The van der Waals surface area contributed by atoms with Crippen molar-refractivity contribution in [2.75, 3.05) is 5.32 Å². The number of anilines is 1. The molecule has 2 rings (SSSR count). The molecule has 1 heterocycles. The largest absolute Gasteiger partial charge is 0.377 e. The molecule has 0 amide bonds. The topological polar surface area (TPSA) is 48.7 Å². The van der Waals surface area contributed by atoms with E-state index in [0.29, 0.717) is 10.6 Å². The second-order valence-corrected chi connectivity index (χ2v) is 4.36. The molecule has 3 nitrogen and oxygen atoms in total. The Morgan fingerprint density at radius 2 is 2.00 bits per heavy atom. The van der Waals surface area contributed by atoms with Crippen molar-refractivity contribution in [3.8, 4) is 6.07 Å². The van der Waals surface area contributed by atoms with Gasteiger partial charge in [0.25, 0.3) is 0 Å². The lowest BCUT2D eigenvalue weighted by molar-refractivity contribution is 0.881. The molecule has 4 heteroatoms. The van der Waals surface area contributed by atoms with Crippen molar-refractivity contribution in [3.63, 3.8) is 0 Å². The highest BCUT2D eigenvalue weighted by Crippen LogP contribution is 2.26. The van der Waals surface area contributed by atoms with E-state index in [1.54, 1.807) is 30.6 Å². The van der Waals surface area contributed by atoms with E-state index in [0.717, 1.165) is 11.3 Å². The third-order valence-electron chi connectivity index (χ3n) is 2.67. The van der Waals surface area contributed by atoms with E-state index >= 15 is 0 Å². The highest BCUT2D eigenvalue weighted by Gasteiger charge is 2.08. The zero-order valence-electron chi connectivity index (χ0n) is 9.89. The van der Waals surface area contributed by atoms with Crippen LogP contribution in [0.1, 0.15) is 24.1 Å². The maximum Gasteiger partial charge on any atom is 0.0992 e. The summed E-state index contributed by atoms with van der Waals surface area (Å²) in [5, 5.41) is 12.8. The Labute approximate surface area is 111 Å². The van der Waals surface area contributed by atoms with Gasteiger partial charge in [0, 0.05) is 18.4 Å². The van der Waals surface area contributed by atoms with Gasteiger partial charge in [0.05, 0.1) is 22.3 Å². The first-order valence-electron chi connectivity index (χ1n) is 5.57. The molecule has 0 bridgehead atoms. The van der Waals surface area contributed by atoms with Crippen LogP contribution in [0.5, 0.6) is 0 Å². The van der Waals surface area contributed by atoms with Gasteiger partial charge in [-0.25, -0.2) is 0 Å². The molecule has 1 N–H and O–H groups in total. The molecule has 0 aliphatic rings. The molecule has 0 fully saturated rings. The molecular weight excluding hydrogens is 246 g/mol. The number of nitriles is 1. The lowest BCUT2D eigenvalue weighted by Crippen LogP contribution is -2.07. The average molecular weight is 258 g/mol. The maximum absolute atomic E-state index is 8.87. The molecule has 90 valence electrons. The number of benzene rings is 1. The second-order valence-electron chi connectivity index (χ2n) is 3.95. The first-order valence-corrected chi connectivity index (χ1v) is 5.94. The number of aromatic nitrogens is 1. The second kappa shape index (κ2) is 5.52. The van der Waals surface area contributed by atoms with Gasteiger partial charge in [0.15, 0.2) is 0 Å². The molecule has 1 atom stereocenters. The maximum atomic E-state index is 8.87. The summed E-state index contributed by atoms with van der Waals surface area (Å²) in [6.07, 6.45) is 3.50. The van der Waals surface area contributed by atoms with Crippen molar-refractivity contribution in [1.82, 2.24) is 4.98 Å². The van der Waals surface area contributed by atoms with E-state index in [9.17, 15) is 0 Å². The van der Waals surface area contributed by atoms with Crippen LogP contribution in [0, 0.1) is 11.3 Å². The van der Waals surface area contributed by atoms with Gasteiger partial charge in [0.1, 0.15) is 0 Å². The minimum absolute atomic E-state index is 0.0967. The van der Waals surface area contributed by atoms with Crippen LogP contribution < -0.4 is 5.32 Å². The number of nitrogens with zero attached hydrogens (tertiary/aromatic N) is 2. The number of pyridine rings is 1. The van der Waals surface area contributed by atoms with Gasteiger partial charge in [-0.1, -0.05) is 11.6 Å². The fourth-order valence-corrected chi connectivity index (χ4v) is 1.85. The average Bonchev–Trinajstić information content (AvgIpc) is 2.42. The number of nitrogens with one attached hydrogen (secondary N) is 1. The van der Waals surface area contributed by atoms with Crippen LogP contribution in [0.4, 0.5) is 5.69 Å². The lowest BCUT2D eigenvalue weighted by atomic mass is 10.1. The van der Waals surface area contributed by atoms with Crippen molar-refractivity contribution in [3.05, 3.63) is 58.9 Å². The van der Waals surface area contributed by atoms with Crippen LogP contribution in [0.3, 0.4) is 0 Å². The summed E-state index contributed by atoms with van der Waals surface area (Å²) in [5.74, 6) is 0. The fraction of sp³-hybridized carbons (Fsp3) is 0.143. The van der Waals surface area contributed by atoms with E-state index < -0.39 is 0 Å². The summed E-state index contributed by atoms with van der Waals surface area (Å²) in [5.41, 5.74) is 2.47. The number of hydrogen-bond donors (Lipinski definition) is 1. The quantitative estimate of drug-likeness (QED) is 0.910. The van der Waals surface area contributed by atoms with Crippen LogP contribution in [0.25, 0.3) is 0 Å². The lowest BCUT2D eigenvalue weighted by Gasteiger charge is -2.16. The Bertz CT molecular complexity index is 575. The molecule has 0 saturated carbocycles. The normalized spacial score (nSPS) is 11.6. The SMILES string of the molecule is CC(Nc1cc(C#N)ccc1Cl)c1ccncc1. The highest BCUT2D eigenvalue weighted by atomic mass is 35.5. The summed E-state index contributed by atoms with van der Waals surface area (Å²) in [4.78, 5) is 3.98. The predicted molar refractivity (Wildman–Crippen MR) is 72.4 cm³/mol. The van der Waals surface area contributed by atoms with E-state index in [2.05, 4.69) is 16.4 Å². The minimum Gasteiger partial charge on any atom is -0.377 e. The first kappa shape index (κ1) is 12.4. The Morgan fingerprint density at radius 3 is 2.67 bits per heavy atom. The van der Waals surface area contributed by atoms with Gasteiger partial charge in [-0.2, -0.15) is 5.26 Å². The molecular formula is C14H12ClN3. The number of halogens is 1. The molecule has 1 unspecified atom stereocenters. The number of rotatable bonds is 3. The van der Waals surface area contributed by atoms with Crippen molar-refractivity contribution in [2.24, 2.45) is 0 Å². The Balaban J connectivity index is 2.22. The summed E-state index contributed by atoms with van der Waals surface area (Å²) >= 11 is 6.10. The van der Waals surface area contributed by atoms with E-state index in [1.807, 2.05) is 19.1 Å². The van der Waals surface area contributed by atoms with Crippen molar-refractivity contribution in [2.45, 2.75) is 13.0 Å². The van der Waals surface area contributed by atoms with Gasteiger partial charge in [-0.3, -0.25) is 4.98 Å². The monoisotopic (exact) mass is 257 g/mol. The third-order valence-corrected chi connectivity index (χ3v) is 3.00. The van der Waals surface area contributed by atoms with Crippen LogP contribution >= 0.6 is 11.6 Å². The molecule has 18 heavy (non-hydrogen) atoms. The van der Waals surface area contributed by atoms with Gasteiger partial charge >= 0.3 is 0 Å². The molecule has 0 saturated heterocycles. The Morgan fingerprint density at radius 1 is 1.28 bits per heavy atom. The zero-order chi connectivity index (χ0) is 13.0. The summed E-state index contributed by atoms with van der Waals surface area (Å²) in [6, 6.07) is 11.3. The fourth-order valence-electron chi connectivity index (χ4n) is 1.67. The zero-order valence-corrected chi connectivity index (χ0v) is 10.6. The molecule has 1 aromatic carbocycles. The standard InChI is InChI=1S/C14H12ClN3/c1-10(12-4-6-17-7-5-12)18-14-8-11(9-16)2-3-13(14)15/h2-8,10,18H,1H3. The summed E-state index contributed by atoms with van der Waals surface area (Å²) in [7, 11) is 0. The van der Waals surface area contributed by atoms with Gasteiger partial charge in [-0.05, 0) is 42.8 Å². The van der Waals surface area contributed by atoms with Crippen LogP contribution in [0.15, 0.2) is 42.7 Å². The van der Waals surface area contributed by atoms with Crippen molar-refractivity contribution in [1.29, 1.82) is 5.26 Å². The highest BCUT2D eigenvalue weighted by molar-refractivity contribution is 6.33. The minimum atomic E-state index is 0.0967. The molecule has 1 aromatic heterocycles. The van der Waals surface area contributed by atoms with Gasteiger partial charge < -0.3 is 5.32 Å². The van der Waals surface area contributed by atoms with Crippen LogP contribution in [-0.2, 0) is 0 Å². The van der Waals surface area contributed by atoms with E-state index in [4.69, 9.17) is 16.9 Å². The summed E-state index contributed by atoms with van der Waals surface area (Å²) in [6.45, 7) is 2.03.